The Morgan fingerprint density at radius 1 is 1.03 bits per heavy atom. The number of fused-ring (bicyclic) bond motifs is 1. The highest BCUT2D eigenvalue weighted by Gasteiger charge is 2.28. The van der Waals surface area contributed by atoms with Crippen molar-refractivity contribution in [3.05, 3.63) is 58.7 Å². The third-order valence-electron chi connectivity index (χ3n) is 7.07. The number of aryl methyl sites for hydroxylation is 2. The van der Waals surface area contributed by atoms with Gasteiger partial charge in [-0.1, -0.05) is 19.9 Å². The predicted octanol–water partition coefficient (Wildman–Crippen LogP) is 6.47. The van der Waals surface area contributed by atoms with Crippen molar-refractivity contribution in [1.29, 1.82) is 0 Å². The SMILES string of the molecule is Cc1cc(-c2c3ccc(C4CCC(C)(C)CC4)cc3nc[n+]2C)c(C)c(C)c1F. The maximum Gasteiger partial charge on any atom is 0.287 e. The summed E-state index contributed by atoms with van der Waals surface area (Å²) in [7, 11) is 2.02. The molecule has 0 N–H and O–H groups in total. The molecule has 1 aliphatic rings. The lowest BCUT2D eigenvalue weighted by molar-refractivity contribution is -0.662. The van der Waals surface area contributed by atoms with Crippen LogP contribution in [0.5, 0.6) is 0 Å². The van der Waals surface area contributed by atoms with E-state index in [0.717, 1.165) is 33.3 Å². The van der Waals surface area contributed by atoms with Gasteiger partial charge in [0.2, 0.25) is 0 Å². The van der Waals surface area contributed by atoms with E-state index in [0.29, 0.717) is 16.9 Å². The van der Waals surface area contributed by atoms with Gasteiger partial charge in [-0.15, -0.1) is 0 Å². The fraction of sp³-hybridized carbons (Fsp3) is 0.462. The molecule has 1 aromatic heterocycles. The molecule has 3 aromatic rings. The second-order valence-corrected chi connectivity index (χ2v) is 9.72. The predicted molar refractivity (Wildman–Crippen MR) is 118 cm³/mol. The molecule has 152 valence electrons. The summed E-state index contributed by atoms with van der Waals surface area (Å²) in [5, 5.41) is 1.13. The summed E-state index contributed by atoms with van der Waals surface area (Å²) >= 11 is 0. The van der Waals surface area contributed by atoms with Crippen molar-refractivity contribution in [3.8, 4) is 11.3 Å². The zero-order valence-corrected chi connectivity index (χ0v) is 18.6. The average Bonchev–Trinajstić information content (AvgIpc) is 2.69. The summed E-state index contributed by atoms with van der Waals surface area (Å²) in [5.41, 5.74) is 7.51. The number of nitrogens with zero attached hydrogens (tertiary/aromatic N) is 2. The molecule has 2 nitrogen and oxygen atoms in total. The van der Waals surface area contributed by atoms with E-state index in [2.05, 4.69) is 36.6 Å². The number of aromatic nitrogens is 2. The minimum Gasteiger partial charge on any atom is -0.232 e. The average molecular weight is 392 g/mol. The monoisotopic (exact) mass is 391 g/mol. The van der Waals surface area contributed by atoms with Crippen LogP contribution in [-0.4, -0.2) is 4.98 Å². The molecule has 0 atom stereocenters. The Balaban J connectivity index is 1.82. The summed E-state index contributed by atoms with van der Waals surface area (Å²) in [6.45, 7) is 10.5. The fourth-order valence-electron chi connectivity index (χ4n) is 4.87. The molecule has 1 saturated carbocycles. The number of halogens is 1. The molecule has 4 rings (SSSR count). The Kier molecular flexibility index (Phi) is 4.96. The van der Waals surface area contributed by atoms with Crippen molar-refractivity contribution in [2.45, 2.75) is 66.2 Å². The molecule has 1 aliphatic carbocycles. The van der Waals surface area contributed by atoms with Crippen LogP contribution in [-0.2, 0) is 7.05 Å². The van der Waals surface area contributed by atoms with E-state index in [9.17, 15) is 4.39 Å². The fourth-order valence-corrected chi connectivity index (χ4v) is 4.87. The third-order valence-corrected chi connectivity index (χ3v) is 7.07. The van der Waals surface area contributed by atoms with Gasteiger partial charge >= 0.3 is 0 Å². The minimum atomic E-state index is -0.102. The van der Waals surface area contributed by atoms with Crippen molar-refractivity contribution in [2.24, 2.45) is 12.5 Å². The van der Waals surface area contributed by atoms with Crippen LogP contribution in [0, 0.1) is 32.0 Å². The maximum atomic E-state index is 14.4. The zero-order chi connectivity index (χ0) is 20.9. The zero-order valence-electron chi connectivity index (χ0n) is 18.6. The van der Waals surface area contributed by atoms with Crippen LogP contribution >= 0.6 is 0 Å². The Morgan fingerprint density at radius 3 is 2.41 bits per heavy atom. The van der Waals surface area contributed by atoms with Gasteiger partial charge in [-0.2, -0.15) is 0 Å². The second kappa shape index (κ2) is 7.19. The molecule has 3 heteroatoms. The third kappa shape index (κ3) is 3.56. The molecule has 0 bridgehead atoms. The molecular formula is C26H32FN2+. The van der Waals surface area contributed by atoms with Crippen LogP contribution in [0.15, 0.2) is 30.6 Å². The van der Waals surface area contributed by atoms with Crippen LogP contribution in [0.2, 0.25) is 0 Å². The maximum absolute atomic E-state index is 14.4. The first-order valence-electron chi connectivity index (χ1n) is 10.7. The van der Waals surface area contributed by atoms with Crippen molar-refractivity contribution < 1.29 is 8.96 Å². The highest BCUT2D eigenvalue weighted by atomic mass is 19.1. The van der Waals surface area contributed by atoms with Crippen LogP contribution in [0.25, 0.3) is 22.2 Å². The van der Waals surface area contributed by atoms with E-state index >= 15 is 0 Å². The quantitative estimate of drug-likeness (QED) is 0.457. The molecule has 0 spiro atoms. The van der Waals surface area contributed by atoms with E-state index in [1.54, 1.807) is 0 Å². The summed E-state index contributed by atoms with van der Waals surface area (Å²) in [6, 6.07) is 8.76. The van der Waals surface area contributed by atoms with E-state index < -0.39 is 0 Å². The first-order valence-corrected chi connectivity index (χ1v) is 10.7. The van der Waals surface area contributed by atoms with Crippen LogP contribution in [0.1, 0.15) is 67.7 Å². The van der Waals surface area contributed by atoms with E-state index in [1.165, 1.54) is 31.2 Å². The van der Waals surface area contributed by atoms with E-state index in [1.807, 2.05) is 40.2 Å². The number of hydrogen-bond donors (Lipinski definition) is 0. The molecule has 0 aliphatic heterocycles. The standard InChI is InChI=1S/C26H32FN2/c1-16-13-22(17(2)18(3)24(16)27)25-21-8-7-20(14-23(21)28-15-29(25)6)19-9-11-26(4,5)12-10-19/h7-8,13-15,19H,9-12H2,1-6H3/q+1. The first kappa shape index (κ1) is 20.0. The molecule has 0 radical (unpaired) electrons. The topological polar surface area (TPSA) is 16.8 Å². The highest BCUT2D eigenvalue weighted by molar-refractivity contribution is 5.92. The van der Waals surface area contributed by atoms with Gasteiger partial charge < -0.3 is 0 Å². The van der Waals surface area contributed by atoms with Gasteiger partial charge in [0.25, 0.3) is 6.33 Å². The van der Waals surface area contributed by atoms with Crippen molar-refractivity contribution >= 4 is 10.9 Å². The van der Waals surface area contributed by atoms with Gasteiger partial charge in [-0.25, -0.2) is 8.96 Å². The molecular weight excluding hydrogens is 359 g/mol. The van der Waals surface area contributed by atoms with E-state index in [-0.39, 0.29) is 5.82 Å². The Morgan fingerprint density at radius 2 is 1.72 bits per heavy atom. The van der Waals surface area contributed by atoms with Crippen LogP contribution in [0.3, 0.4) is 0 Å². The van der Waals surface area contributed by atoms with Gasteiger partial charge in [-0.05, 0) is 103 Å². The van der Waals surface area contributed by atoms with Gasteiger partial charge in [0, 0.05) is 5.56 Å². The van der Waals surface area contributed by atoms with Crippen LogP contribution in [0.4, 0.5) is 4.39 Å². The number of benzene rings is 2. The summed E-state index contributed by atoms with van der Waals surface area (Å²) in [6.07, 6.45) is 6.96. The lowest BCUT2D eigenvalue weighted by atomic mass is 9.71. The van der Waals surface area contributed by atoms with Gasteiger partial charge in [-0.3, -0.25) is 0 Å². The molecule has 0 amide bonds. The summed E-state index contributed by atoms with van der Waals surface area (Å²) < 4.78 is 16.5. The Labute approximate surface area is 173 Å². The van der Waals surface area contributed by atoms with E-state index in [4.69, 9.17) is 4.98 Å². The molecule has 0 unspecified atom stereocenters. The number of rotatable bonds is 2. The lowest BCUT2D eigenvalue weighted by Crippen LogP contribution is -2.32. The highest BCUT2D eigenvalue weighted by Crippen LogP contribution is 2.43. The second-order valence-electron chi connectivity index (χ2n) is 9.72. The molecule has 0 saturated heterocycles. The van der Waals surface area contributed by atoms with Crippen molar-refractivity contribution in [3.63, 3.8) is 0 Å². The molecule has 1 heterocycles. The smallest absolute Gasteiger partial charge is 0.232 e. The number of hydrogen-bond acceptors (Lipinski definition) is 1. The van der Waals surface area contributed by atoms with Crippen LogP contribution < -0.4 is 4.57 Å². The lowest BCUT2D eigenvalue weighted by Gasteiger charge is -2.34. The van der Waals surface area contributed by atoms with Crippen molar-refractivity contribution in [2.75, 3.05) is 0 Å². The summed E-state index contributed by atoms with van der Waals surface area (Å²) in [5.74, 6) is 0.526. The van der Waals surface area contributed by atoms with Gasteiger partial charge in [0.15, 0.2) is 5.52 Å². The minimum absolute atomic E-state index is 0.102. The largest absolute Gasteiger partial charge is 0.287 e. The van der Waals surface area contributed by atoms with Crippen molar-refractivity contribution in [1.82, 2.24) is 4.98 Å². The van der Waals surface area contributed by atoms with Gasteiger partial charge in [0.05, 0.1) is 12.4 Å². The first-order chi connectivity index (χ1) is 13.7. The molecule has 29 heavy (non-hydrogen) atoms. The molecule has 2 aromatic carbocycles. The normalized spacial score (nSPS) is 17.1. The van der Waals surface area contributed by atoms with Gasteiger partial charge in [0.1, 0.15) is 11.5 Å². The summed E-state index contributed by atoms with van der Waals surface area (Å²) in [4.78, 5) is 4.73. The molecule has 1 fully saturated rings. The Bertz CT molecular complexity index is 1090. The Hall–Kier alpha value is -2.29.